The Morgan fingerprint density at radius 1 is 0.958 bits per heavy atom. The topological polar surface area (TPSA) is 43.7 Å². The fourth-order valence-electron chi connectivity index (χ4n) is 4.11. The van der Waals surface area contributed by atoms with Crippen LogP contribution < -0.4 is 0 Å². The van der Waals surface area contributed by atoms with Crippen molar-refractivity contribution in [3.05, 3.63) is 59.2 Å². The Bertz CT molecular complexity index is 742. The zero-order valence-electron chi connectivity index (χ0n) is 14.0. The lowest BCUT2D eigenvalue weighted by Crippen LogP contribution is -2.34. The van der Waals surface area contributed by atoms with Gasteiger partial charge in [0.2, 0.25) is 0 Å². The molecule has 1 aliphatic carbocycles. The van der Waals surface area contributed by atoms with Crippen molar-refractivity contribution in [2.24, 2.45) is 0 Å². The Labute approximate surface area is 143 Å². The first-order valence-corrected chi connectivity index (χ1v) is 8.93. The molecule has 2 aliphatic rings. The third kappa shape index (κ3) is 3.00. The van der Waals surface area contributed by atoms with Crippen molar-refractivity contribution >= 4 is 0 Å². The van der Waals surface area contributed by atoms with Gasteiger partial charge in [-0.3, -0.25) is 4.90 Å². The summed E-state index contributed by atoms with van der Waals surface area (Å²) in [6.07, 6.45) is 3.32. The Balaban J connectivity index is 1.48. The van der Waals surface area contributed by atoms with Crippen LogP contribution in [0.3, 0.4) is 0 Å². The van der Waals surface area contributed by atoms with Crippen molar-refractivity contribution in [1.82, 2.24) is 4.90 Å². The zero-order chi connectivity index (χ0) is 16.6. The highest BCUT2D eigenvalue weighted by molar-refractivity contribution is 5.76. The second-order valence-electron chi connectivity index (χ2n) is 7.34. The number of rotatable bonds is 3. The number of hydrogen-bond acceptors (Lipinski definition) is 3. The number of likely N-dealkylation sites (tertiary alicyclic amines) is 1. The maximum atomic E-state index is 10.3. The van der Waals surface area contributed by atoms with E-state index in [-0.39, 0.29) is 6.61 Å². The summed E-state index contributed by atoms with van der Waals surface area (Å²) in [6, 6.07) is 15.5. The Hall–Kier alpha value is -1.68. The highest BCUT2D eigenvalue weighted by atomic mass is 16.3. The predicted molar refractivity (Wildman–Crippen MR) is 95.8 cm³/mol. The molecule has 1 heterocycles. The lowest BCUT2D eigenvalue weighted by molar-refractivity contribution is -0.0255. The van der Waals surface area contributed by atoms with Crippen LogP contribution in [0.4, 0.5) is 0 Å². The van der Waals surface area contributed by atoms with E-state index >= 15 is 0 Å². The monoisotopic (exact) mass is 323 g/mol. The molecule has 2 aromatic carbocycles. The lowest BCUT2D eigenvalue weighted by Gasteiger charge is -2.24. The van der Waals surface area contributed by atoms with Crippen LogP contribution in [-0.2, 0) is 13.0 Å². The first kappa shape index (κ1) is 15.8. The fraction of sp³-hybridized carbons (Fsp3) is 0.429. The van der Waals surface area contributed by atoms with Crippen LogP contribution in [0.15, 0.2) is 42.5 Å². The van der Waals surface area contributed by atoms with Gasteiger partial charge >= 0.3 is 0 Å². The van der Waals surface area contributed by atoms with Crippen molar-refractivity contribution < 1.29 is 10.2 Å². The second-order valence-corrected chi connectivity index (χ2v) is 7.34. The van der Waals surface area contributed by atoms with Gasteiger partial charge in [-0.05, 0) is 60.0 Å². The molecule has 0 bridgehead atoms. The molecule has 1 fully saturated rings. The van der Waals surface area contributed by atoms with E-state index < -0.39 is 5.60 Å². The van der Waals surface area contributed by atoms with E-state index in [1.165, 1.54) is 27.8 Å². The summed E-state index contributed by atoms with van der Waals surface area (Å²) in [6.45, 7) is 2.62. The average molecular weight is 323 g/mol. The first-order chi connectivity index (χ1) is 11.7. The third-order valence-electron chi connectivity index (χ3n) is 5.57. The van der Waals surface area contributed by atoms with Gasteiger partial charge in [0.15, 0.2) is 0 Å². The average Bonchev–Trinajstić information content (AvgIpc) is 2.86. The summed E-state index contributed by atoms with van der Waals surface area (Å²) in [5.74, 6) is 0. The van der Waals surface area contributed by atoms with Crippen LogP contribution in [0.25, 0.3) is 11.1 Å². The van der Waals surface area contributed by atoms with Crippen molar-refractivity contribution in [1.29, 1.82) is 0 Å². The third-order valence-corrected chi connectivity index (χ3v) is 5.57. The number of aliphatic hydroxyl groups excluding tert-OH is 1. The molecule has 24 heavy (non-hydrogen) atoms. The normalized spacial score (nSPS) is 23.6. The molecule has 3 nitrogen and oxygen atoms in total. The fourth-order valence-corrected chi connectivity index (χ4v) is 4.11. The van der Waals surface area contributed by atoms with Crippen molar-refractivity contribution in [2.45, 2.75) is 37.8 Å². The van der Waals surface area contributed by atoms with Gasteiger partial charge in [0.25, 0.3) is 0 Å². The molecular weight excluding hydrogens is 298 g/mol. The van der Waals surface area contributed by atoms with E-state index in [4.69, 9.17) is 0 Å². The minimum Gasteiger partial charge on any atom is -0.393 e. The van der Waals surface area contributed by atoms with E-state index in [0.29, 0.717) is 12.8 Å². The molecule has 126 valence electrons. The van der Waals surface area contributed by atoms with Crippen molar-refractivity contribution in [3.8, 4) is 11.1 Å². The molecule has 4 rings (SSSR count). The Morgan fingerprint density at radius 2 is 1.79 bits per heavy atom. The minimum absolute atomic E-state index is 0.127. The van der Waals surface area contributed by atoms with Gasteiger partial charge < -0.3 is 10.2 Å². The molecule has 1 saturated heterocycles. The number of hydrogen-bond donors (Lipinski definition) is 2. The molecule has 2 N–H and O–H groups in total. The van der Waals surface area contributed by atoms with Crippen LogP contribution >= 0.6 is 0 Å². The summed E-state index contributed by atoms with van der Waals surface area (Å²) in [4.78, 5) is 2.40. The van der Waals surface area contributed by atoms with Crippen LogP contribution in [0, 0.1) is 0 Å². The summed E-state index contributed by atoms with van der Waals surface area (Å²) in [5.41, 5.74) is 6.06. The van der Waals surface area contributed by atoms with E-state index in [2.05, 4.69) is 47.4 Å². The van der Waals surface area contributed by atoms with Crippen LogP contribution in [0.5, 0.6) is 0 Å². The van der Waals surface area contributed by atoms with Gasteiger partial charge in [-0.2, -0.15) is 0 Å². The Morgan fingerprint density at radius 3 is 2.67 bits per heavy atom. The first-order valence-electron chi connectivity index (χ1n) is 8.93. The molecule has 0 saturated carbocycles. The number of nitrogens with zero attached hydrogens (tertiary/aromatic N) is 1. The van der Waals surface area contributed by atoms with Gasteiger partial charge in [-0.25, -0.2) is 0 Å². The molecule has 0 amide bonds. The molecule has 1 aliphatic heterocycles. The quantitative estimate of drug-likeness (QED) is 0.779. The predicted octanol–water partition coefficient (Wildman–Crippen LogP) is 2.97. The maximum absolute atomic E-state index is 10.3. The molecule has 2 aromatic rings. The second kappa shape index (κ2) is 6.32. The maximum Gasteiger partial charge on any atom is 0.0890 e. The van der Waals surface area contributed by atoms with Crippen LogP contribution in [0.1, 0.15) is 36.0 Å². The van der Waals surface area contributed by atoms with E-state index in [1.807, 2.05) is 0 Å². The SMILES string of the molecule is OCC1(O)CCCN(Cc2ccc3c(c2)Cc2ccccc2-3)CC1. The number of aliphatic hydroxyl groups is 2. The van der Waals surface area contributed by atoms with Gasteiger partial charge in [0.1, 0.15) is 0 Å². The number of benzene rings is 2. The molecule has 0 spiro atoms. The summed E-state index contributed by atoms with van der Waals surface area (Å²) < 4.78 is 0. The lowest BCUT2D eigenvalue weighted by atomic mass is 9.96. The summed E-state index contributed by atoms with van der Waals surface area (Å²) >= 11 is 0. The van der Waals surface area contributed by atoms with E-state index in [1.54, 1.807) is 0 Å². The van der Waals surface area contributed by atoms with Gasteiger partial charge in [-0.1, -0.05) is 42.5 Å². The Kier molecular flexibility index (Phi) is 4.17. The van der Waals surface area contributed by atoms with Crippen molar-refractivity contribution in [2.75, 3.05) is 19.7 Å². The minimum atomic E-state index is -0.881. The zero-order valence-corrected chi connectivity index (χ0v) is 14.0. The largest absolute Gasteiger partial charge is 0.393 e. The smallest absolute Gasteiger partial charge is 0.0890 e. The van der Waals surface area contributed by atoms with Crippen LogP contribution in [0.2, 0.25) is 0 Å². The molecule has 0 radical (unpaired) electrons. The van der Waals surface area contributed by atoms with Gasteiger partial charge in [0.05, 0.1) is 12.2 Å². The highest BCUT2D eigenvalue weighted by Gasteiger charge is 2.29. The molecule has 0 aromatic heterocycles. The molecule has 3 heteroatoms. The molecular formula is C21H25NO2. The van der Waals surface area contributed by atoms with Gasteiger partial charge in [0, 0.05) is 13.1 Å². The summed E-state index contributed by atoms with van der Waals surface area (Å²) in [5, 5.41) is 19.7. The van der Waals surface area contributed by atoms with Crippen LogP contribution in [-0.4, -0.2) is 40.4 Å². The highest BCUT2D eigenvalue weighted by Crippen LogP contribution is 2.37. The van der Waals surface area contributed by atoms with Gasteiger partial charge in [-0.15, -0.1) is 0 Å². The molecule has 1 unspecified atom stereocenters. The summed E-state index contributed by atoms with van der Waals surface area (Å²) in [7, 11) is 0. The number of fused-ring (bicyclic) bond motifs is 3. The molecule has 1 atom stereocenters. The van der Waals surface area contributed by atoms with E-state index in [9.17, 15) is 10.2 Å². The standard InChI is InChI=1S/C21H25NO2/c23-15-21(24)8-3-10-22(11-9-21)14-16-6-7-20-18(12-16)13-17-4-1-2-5-19(17)20/h1-2,4-7,12,23-24H,3,8-11,13-15H2. The van der Waals surface area contributed by atoms with Crippen molar-refractivity contribution in [3.63, 3.8) is 0 Å². The van der Waals surface area contributed by atoms with E-state index in [0.717, 1.165) is 32.5 Å².